The number of ether oxygens (including phenoxy) is 2. The van der Waals surface area contributed by atoms with Crippen LogP contribution in [-0.2, 0) is 16.0 Å². The van der Waals surface area contributed by atoms with Crippen molar-refractivity contribution in [3.8, 4) is 0 Å². The van der Waals surface area contributed by atoms with Gasteiger partial charge in [0, 0.05) is 43.1 Å². The van der Waals surface area contributed by atoms with Gasteiger partial charge in [-0.2, -0.15) is 0 Å². The number of hydrogen-bond donors (Lipinski definition) is 0. The van der Waals surface area contributed by atoms with E-state index in [1.807, 2.05) is 0 Å². The molecule has 1 aromatic carbocycles. The van der Waals surface area contributed by atoms with Crippen molar-refractivity contribution in [3.05, 3.63) is 34.6 Å². The number of piperidine rings is 1. The average molecular weight is 286 g/mol. The first-order valence-corrected chi connectivity index (χ1v) is 6.99. The van der Waals surface area contributed by atoms with Crippen molar-refractivity contribution in [1.82, 2.24) is 4.90 Å². The zero-order valence-electron chi connectivity index (χ0n) is 10.7. The fourth-order valence-corrected chi connectivity index (χ4v) is 2.89. The van der Waals surface area contributed by atoms with Crippen molar-refractivity contribution in [2.75, 3.05) is 26.3 Å². The van der Waals surface area contributed by atoms with Crippen LogP contribution in [0.2, 0.25) is 5.02 Å². The Morgan fingerprint density at radius 1 is 1.21 bits per heavy atom. The molecule has 0 aliphatic carbocycles. The van der Waals surface area contributed by atoms with Crippen LogP contribution >= 0.6 is 11.6 Å². The van der Waals surface area contributed by atoms with Crippen LogP contribution in [0.25, 0.3) is 0 Å². The lowest BCUT2D eigenvalue weighted by molar-refractivity contribution is -0.185. The Labute approximate surface area is 117 Å². The minimum absolute atomic E-state index is 0.235. The summed E-state index contributed by atoms with van der Waals surface area (Å²) in [5.74, 6) is -0.601. The Morgan fingerprint density at radius 2 is 1.89 bits per heavy atom. The van der Waals surface area contributed by atoms with E-state index in [0.29, 0.717) is 30.3 Å². The molecule has 0 bridgehead atoms. The zero-order chi connectivity index (χ0) is 13.3. The number of hydrogen-bond acceptors (Lipinski definition) is 3. The fraction of sp³-hybridized carbons (Fsp3) is 0.571. The highest BCUT2D eigenvalue weighted by Gasteiger charge is 2.39. The number of halogens is 2. The normalized spacial score (nSPS) is 23.1. The summed E-state index contributed by atoms with van der Waals surface area (Å²) >= 11 is 5.75. The molecule has 0 unspecified atom stereocenters. The summed E-state index contributed by atoms with van der Waals surface area (Å²) in [4.78, 5) is 2.22. The van der Waals surface area contributed by atoms with Crippen LogP contribution in [0.15, 0.2) is 18.2 Å². The average Bonchev–Trinajstić information content (AvgIpc) is 2.84. The Hall–Kier alpha value is -0.680. The third-order valence-corrected chi connectivity index (χ3v) is 4.08. The summed E-state index contributed by atoms with van der Waals surface area (Å²) in [7, 11) is 0. The highest BCUT2D eigenvalue weighted by atomic mass is 35.5. The van der Waals surface area contributed by atoms with Gasteiger partial charge in [-0.15, -0.1) is 0 Å². The molecule has 2 heterocycles. The number of nitrogens with zero attached hydrogens (tertiary/aromatic N) is 1. The van der Waals surface area contributed by atoms with Crippen LogP contribution in [0.5, 0.6) is 0 Å². The zero-order valence-corrected chi connectivity index (χ0v) is 11.5. The van der Waals surface area contributed by atoms with E-state index < -0.39 is 0 Å². The van der Waals surface area contributed by atoms with E-state index >= 15 is 0 Å². The molecule has 104 valence electrons. The van der Waals surface area contributed by atoms with Gasteiger partial charge < -0.3 is 9.47 Å². The third kappa shape index (κ3) is 2.92. The van der Waals surface area contributed by atoms with E-state index in [2.05, 4.69) is 4.90 Å². The molecular formula is C14H17ClFNO2. The van der Waals surface area contributed by atoms with Crippen LogP contribution in [0.3, 0.4) is 0 Å². The monoisotopic (exact) mass is 285 g/mol. The Morgan fingerprint density at radius 3 is 2.53 bits per heavy atom. The Balaban J connectivity index is 1.60. The Bertz CT molecular complexity index is 453. The maximum Gasteiger partial charge on any atom is 0.170 e. The van der Waals surface area contributed by atoms with Crippen molar-refractivity contribution in [3.63, 3.8) is 0 Å². The molecule has 0 N–H and O–H groups in total. The third-order valence-electron chi connectivity index (χ3n) is 3.84. The van der Waals surface area contributed by atoms with E-state index in [9.17, 15) is 4.39 Å². The minimum atomic E-state index is -0.366. The van der Waals surface area contributed by atoms with E-state index in [-0.39, 0.29) is 11.6 Å². The molecule has 2 aliphatic heterocycles. The summed E-state index contributed by atoms with van der Waals surface area (Å²) in [5.41, 5.74) is 0.689. The van der Waals surface area contributed by atoms with E-state index in [1.54, 1.807) is 12.1 Å². The van der Waals surface area contributed by atoms with E-state index in [4.69, 9.17) is 21.1 Å². The fourth-order valence-electron chi connectivity index (χ4n) is 2.73. The van der Waals surface area contributed by atoms with Gasteiger partial charge in [-0.25, -0.2) is 4.39 Å². The van der Waals surface area contributed by atoms with E-state index in [0.717, 1.165) is 25.9 Å². The Kier molecular flexibility index (Phi) is 3.76. The molecule has 0 atom stereocenters. The maximum absolute atomic E-state index is 13.7. The van der Waals surface area contributed by atoms with Crippen molar-refractivity contribution >= 4 is 11.6 Å². The second-order valence-corrected chi connectivity index (χ2v) is 5.56. The SMILES string of the molecule is Fc1cc(Cl)ccc1CN1CCC2(CC1)OCCO2. The lowest BCUT2D eigenvalue weighted by Crippen LogP contribution is -2.44. The predicted octanol–water partition coefficient (Wildman–Crippen LogP) is 2.82. The van der Waals surface area contributed by atoms with Crippen molar-refractivity contribution < 1.29 is 13.9 Å². The number of benzene rings is 1. The highest BCUT2D eigenvalue weighted by Crippen LogP contribution is 2.31. The predicted molar refractivity (Wildman–Crippen MR) is 70.6 cm³/mol. The van der Waals surface area contributed by atoms with Crippen molar-refractivity contribution in [1.29, 1.82) is 0 Å². The first kappa shape index (κ1) is 13.3. The van der Waals surface area contributed by atoms with Crippen LogP contribution in [-0.4, -0.2) is 37.0 Å². The molecule has 0 amide bonds. The van der Waals surface area contributed by atoms with Crippen LogP contribution in [0, 0.1) is 5.82 Å². The maximum atomic E-state index is 13.7. The van der Waals surface area contributed by atoms with Gasteiger partial charge in [0.1, 0.15) is 5.82 Å². The van der Waals surface area contributed by atoms with Gasteiger partial charge in [0.05, 0.1) is 13.2 Å². The topological polar surface area (TPSA) is 21.7 Å². The molecule has 0 saturated carbocycles. The van der Waals surface area contributed by atoms with Gasteiger partial charge in [0.25, 0.3) is 0 Å². The molecule has 1 spiro atoms. The summed E-state index contributed by atoms with van der Waals surface area (Å²) in [6.45, 7) is 3.71. The van der Waals surface area contributed by atoms with Crippen LogP contribution in [0.4, 0.5) is 4.39 Å². The molecule has 5 heteroatoms. The number of likely N-dealkylation sites (tertiary alicyclic amines) is 1. The lowest BCUT2D eigenvalue weighted by Gasteiger charge is -2.37. The molecular weight excluding hydrogens is 269 g/mol. The summed E-state index contributed by atoms with van der Waals surface area (Å²) in [6, 6.07) is 4.85. The van der Waals surface area contributed by atoms with Crippen LogP contribution in [0.1, 0.15) is 18.4 Å². The van der Waals surface area contributed by atoms with Crippen molar-refractivity contribution in [2.24, 2.45) is 0 Å². The molecule has 0 radical (unpaired) electrons. The van der Waals surface area contributed by atoms with Gasteiger partial charge in [-0.1, -0.05) is 17.7 Å². The first-order chi connectivity index (χ1) is 9.17. The molecule has 3 rings (SSSR count). The van der Waals surface area contributed by atoms with Crippen molar-refractivity contribution in [2.45, 2.75) is 25.2 Å². The smallest absolute Gasteiger partial charge is 0.170 e. The molecule has 19 heavy (non-hydrogen) atoms. The molecule has 1 aromatic rings. The largest absolute Gasteiger partial charge is 0.347 e. The summed E-state index contributed by atoms with van der Waals surface area (Å²) in [6.07, 6.45) is 1.70. The van der Waals surface area contributed by atoms with E-state index in [1.165, 1.54) is 6.07 Å². The molecule has 2 fully saturated rings. The number of rotatable bonds is 2. The molecule has 3 nitrogen and oxygen atoms in total. The second-order valence-electron chi connectivity index (χ2n) is 5.12. The van der Waals surface area contributed by atoms with Gasteiger partial charge in [-0.3, -0.25) is 4.90 Å². The van der Waals surface area contributed by atoms with Gasteiger partial charge >= 0.3 is 0 Å². The molecule has 2 saturated heterocycles. The van der Waals surface area contributed by atoms with Crippen LogP contribution < -0.4 is 0 Å². The van der Waals surface area contributed by atoms with Gasteiger partial charge in [-0.05, 0) is 12.1 Å². The lowest BCUT2D eigenvalue weighted by atomic mass is 10.0. The summed E-state index contributed by atoms with van der Waals surface area (Å²) in [5, 5.41) is 0.437. The first-order valence-electron chi connectivity index (χ1n) is 6.61. The van der Waals surface area contributed by atoms with Gasteiger partial charge in [0.2, 0.25) is 0 Å². The summed E-state index contributed by atoms with van der Waals surface area (Å²) < 4.78 is 25.1. The molecule has 0 aromatic heterocycles. The second kappa shape index (κ2) is 5.37. The standard InChI is InChI=1S/C14H17ClFNO2/c15-12-2-1-11(13(16)9-12)10-17-5-3-14(4-6-17)18-7-8-19-14/h1-2,9H,3-8,10H2. The quantitative estimate of drug-likeness (QED) is 0.834. The highest BCUT2D eigenvalue weighted by molar-refractivity contribution is 6.30. The van der Waals surface area contributed by atoms with Gasteiger partial charge in [0.15, 0.2) is 5.79 Å². The minimum Gasteiger partial charge on any atom is -0.347 e. The molecule has 2 aliphatic rings.